The molecule has 14 heavy (non-hydrogen) atoms. The van der Waals surface area contributed by atoms with Gasteiger partial charge in [-0.25, -0.2) is 4.39 Å². The molecule has 2 rings (SSSR count). The predicted octanol–water partition coefficient (Wildman–Crippen LogP) is 2.50. The van der Waals surface area contributed by atoms with Crippen molar-refractivity contribution in [2.45, 2.75) is 25.7 Å². The smallest absolute Gasteiger partial charge is 0.126 e. The highest BCUT2D eigenvalue weighted by Gasteiger charge is 2.41. The zero-order chi connectivity index (χ0) is 10.0. The van der Waals surface area contributed by atoms with Gasteiger partial charge in [-0.15, -0.1) is 0 Å². The standard InChI is InChI=1S/C12H16FN/c13-11-4-2-1-3-10(11)9-12(5-6-12)7-8-14/h1-4H,5-9,14H2. The van der Waals surface area contributed by atoms with Crippen molar-refractivity contribution >= 4 is 0 Å². The van der Waals surface area contributed by atoms with E-state index in [2.05, 4.69) is 0 Å². The number of hydrogen-bond donors (Lipinski definition) is 1. The van der Waals surface area contributed by atoms with Crippen LogP contribution in [0.5, 0.6) is 0 Å². The third kappa shape index (κ3) is 1.95. The molecular weight excluding hydrogens is 177 g/mol. The lowest BCUT2D eigenvalue weighted by atomic mass is 9.93. The molecule has 76 valence electrons. The summed E-state index contributed by atoms with van der Waals surface area (Å²) < 4.78 is 13.4. The minimum atomic E-state index is -0.0733. The van der Waals surface area contributed by atoms with Crippen LogP contribution in [0, 0.1) is 11.2 Å². The quantitative estimate of drug-likeness (QED) is 0.781. The summed E-state index contributed by atoms with van der Waals surface area (Å²) in [4.78, 5) is 0. The number of benzene rings is 1. The first kappa shape index (κ1) is 9.66. The number of rotatable bonds is 4. The van der Waals surface area contributed by atoms with Crippen molar-refractivity contribution in [1.82, 2.24) is 0 Å². The van der Waals surface area contributed by atoms with E-state index in [-0.39, 0.29) is 5.82 Å². The molecule has 0 saturated heterocycles. The summed E-state index contributed by atoms with van der Waals surface area (Å²) in [6.07, 6.45) is 4.30. The first-order valence-electron chi connectivity index (χ1n) is 5.19. The number of nitrogens with two attached hydrogens (primary N) is 1. The minimum Gasteiger partial charge on any atom is -0.330 e. The Morgan fingerprint density at radius 1 is 1.29 bits per heavy atom. The molecule has 0 heterocycles. The molecule has 0 aliphatic heterocycles. The van der Waals surface area contributed by atoms with Gasteiger partial charge in [-0.1, -0.05) is 18.2 Å². The molecule has 1 nitrogen and oxygen atoms in total. The van der Waals surface area contributed by atoms with Crippen molar-refractivity contribution in [3.05, 3.63) is 35.6 Å². The van der Waals surface area contributed by atoms with Crippen molar-refractivity contribution in [1.29, 1.82) is 0 Å². The van der Waals surface area contributed by atoms with E-state index < -0.39 is 0 Å². The highest BCUT2D eigenvalue weighted by molar-refractivity contribution is 5.20. The second kappa shape index (κ2) is 3.70. The molecule has 0 amide bonds. The average molecular weight is 193 g/mol. The fraction of sp³-hybridized carbons (Fsp3) is 0.500. The summed E-state index contributed by atoms with van der Waals surface area (Å²) >= 11 is 0. The van der Waals surface area contributed by atoms with Gasteiger partial charge in [0.25, 0.3) is 0 Å². The second-order valence-electron chi connectivity index (χ2n) is 4.31. The molecule has 0 aromatic heterocycles. The molecule has 1 saturated carbocycles. The zero-order valence-corrected chi connectivity index (χ0v) is 8.30. The maximum absolute atomic E-state index is 13.4. The van der Waals surface area contributed by atoms with Crippen LogP contribution in [-0.2, 0) is 6.42 Å². The van der Waals surface area contributed by atoms with E-state index in [1.807, 2.05) is 12.1 Å². The largest absolute Gasteiger partial charge is 0.330 e. The van der Waals surface area contributed by atoms with Gasteiger partial charge in [0.15, 0.2) is 0 Å². The molecule has 1 aromatic rings. The first-order chi connectivity index (χ1) is 6.76. The maximum Gasteiger partial charge on any atom is 0.126 e. The lowest BCUT2D eigenvalue weighted by Gasteiger charge is -2.13. The van der Waals surface area contributed by atoms with Crippen LogP contribution in [0.4, 0.5) is 4.39 Å². The first-order valence-corrected chi connectivity index (χ1v) is 5.19. The van der Waals surface area contributed by atoms with Gasteiger partial charge in [-0.05, 0) is 49.3 Å². The van der Waals surface area contributed by atoms with Crippen molar-refractivity contribution in [3.63, 3.8) is 0 Å². The maximum atomic E-state index is 13.4. The SMILES string of the molecule is NCCC1(Cc2ccccc2F)CC1. The van der Waals surface area contributed by atoms with E-state index in [0.29, 0.717) is 12.0 Å². The summed E-state index contributed by atoms with van der Waals surface area (Å²) in [7, 11) is 0. The van der Waals surface area contributed by atoms with E-state index in [1.165, 1.54) is 18.9 Å². The Labute approximate surface area is 84.1 Å². The van der Waals surface area contributed by atoms with Gasteiger partial charge in [-0.2, -0.15) is 0 Å². The molecule has 0 unspecified atom stereocenters. The van der Waals surface area contributed by atoms with Crippen LogP contribution in [-0.4, -0.2) is 6.54 Å². The zero-order valence-electron chi connectivity index (χ0n) is 8.30. The van der Waals surface area contributed by atoms with Gasteiger partial charge < -0.3 is 5.73 Å². The molecule has 2 heteroatoms. The monoisotopic (exact) mass is 193 g/mol. The van der Waals surface area contributed by atoms with Gasteiger partial charge in [0.1, 0.15) is 5.82 Å². The van der Waals surface area contributed by atoms with Crippen LogP contribution in [0.3, 0.4) is 0 Å². The van der Waals surface area contributed by atoms with Crippen molar-refractivity contribution in [3.8, 4) is 0 Å². The Morgan fingerprint density at radius 2 is 2.00 bits per heavy atom. The normalized spacial score (nSPS) is 18.1. The number of hydrogen-bond acceptors (Lipinski definition) is 1. The molecule has 1 aliphatic rings. The Balaban J connectivity index is 2.07. The molecular formula is C12H16FN. The third-order valence-electron chi connectivity index (χ3n) is 3.16. The van der Waals surface area contributed by atoms with Gasteiger partial charge in [-0.3, -0.25) is 0 Å². The highest BCUT2D eigenvalue weighted by atomic mass is 19.1. The van der Waals surface area contributed by atoms with Crippen LogP contribution < -0.4 is 5.73 Å². The van der Waals surface area contributed by atoms with E-state index in [9.17, 15) is 4.39 Å². The Morgan fingerprint density at radius 3 is 2.57 bits per heavy atom. The molecule has 0 radical (unpaired) electrons. The number of halogens is 1. The van der Waals surface area contributed by atoms with Gasteiger partial charge in [0.2, 0.25) is 0 Å². The summed E-state index contributed by atoms with van der Waals surface area (Å²) in [6, 6.07) is 7.05. The van der Waals surface area contributed by atoms with Crippen LogP contribution in [0.1, 0.15) is 24.8 Å². The Kier molecular flexibility index (Phi) is 2.55. The molecule has 0 bridgehead atoms. The summed E-state index contributed by atoms with van der Waals surface area (Å²) in [5.41, 5.74) is 6.73. The van der Waals surface area contributed by atoms with Crippen molar-refractivity contribution in [2.75, 3.05) is 6.54 Å². The lowest BCUT2D eigenvalue weighted by Crippen LogP contribution is -2.12. The van der Waals surface area contributed by atoms with Crippen molar-refractivity contribution < 1.29 is 4.39 Å². The van der Waals surface area contributed by atoms with Crippen LogP contribution in [0.2, 0.25) is 0 Å². The topological polar surface area (TPSA) is 26.0 Å². The van der Waals surface area contributed by atoms with Crippen LogP contribution in [0.15, 0.2) is 24.3 Å². The second-order valence-corrected chi connectivity index (χ2v) is 4.31. The van der Waals surface area contributed by atoms with Gasteiger partial charge in [0.05, 0.1) is 0 Å². The summed E-state index contributed by atoms with van der Waals surface area (Å²) in [6.45, 7) is 0.717. The Hall–Kier alpha value is -0.890. The van der Waals surface area contributed by atoms with Gasteiger partial charge in [0, 0.05) is 0 Å². The fourth-order valence-electron chi connectivity index (χ4n) is 2.04. The molecule has 0 atom stereocenters. The van der Waals surface area contributed by atoms with E-state index in [4.69, 9.17) is 5.73 Å². The van der Waals surface area contributed by atoms with Gasteiger partial charge >= 0.3 is 0 Å². The Bertz CT molecular complexity index is 318. The molecule has 1 fully saturated rings. The minimum absolute atomic E-state index is 0.0733. The lowest BCUT2D eigenvalue weighted by molar-refractivity contribution is 0.458. The predicted molar refractivity (Wildman–Crippen MR) is 55.4 cm³/mol. The summed E-state index contributed by atoms with van der Waals surface area (Å²) in [5, 5.41) is 0. The summed E-state index contributed by atoms with van der Waals surface area (Å²) in [5.74, 6) is -0.0733. The third-order valence-corrected chi connectivity index (χ3v) is 3.16. The highest BCUT2D eigenvalue weighted by Crippen LogP contribution is 2.51. The molecule has 1 aromatic carbocycles. The van der Waals surface area contributed by atoms with Crippen molar-refractivity contribution in [2.24, 2.45) is 11.1 Å². The van der Waals surface area contributed by atoms with E-state index in [1.54, 1.807) is 6.07 Å². The van der Waals surface area contributed by atoms with Crippen LogP contribution >= 0.6 is 0 Å². The molecule has 1 aliphatic carbocycles. The van der Waals surface area contributed by atoms with E-state index in [0.717, 1.165) is 18.4 Å². The molecule has 2 N–H and O–H groups in total. The fourth-order valence-corrected chi connectivity index (χ4v) is 2.04. The van der Waals surface area contributed by atoms with E-state index >= 15 is 0 Å². The van der Waals surface area contributed by atoms with Crippen LogP contribution in [0.25, 0.3) is 0 Å². The average Bonchev–Trinajstić information content (AvgIpc) is 2.90. The molecule has 0 spiro atoms.